The Morgan fingerprint density at radius 1 is 0.886 bits per heavy atom. The number of fused-ring (bicyclic) bond motifs is 1. The summed E-state index contributed by atoms with van der Waals surface area (Å²) in [6.07, 6.45) is 6.07. The van der Waals surface area contributed by atoms with Gasteiger partial charge in [-0.25, -0.2) is 13.2 Å². The number of sulfonamides is 1. The smallest absolute Gasteiger partial charge is 0.328 e. The van der Waals surface area contributed by atoms with E-state index in [1.54, 1.807) is 37.3 Å². The molecule has 222 valence electrons. The van der Waals surface area contributed by atoms with Gasteiger partial charge >= 0.3 is 5.97 Å². The maximum absolute atomic E-state index is 14.9. The minimum absolute atomic E-state index is 0.117. The van der Waals surface area contributed by atoms with Gasteiger partial charge in [0.25, 0.3) is 0 Å². The second kappa shape index (κ2) is 12.5. The van der Waals surface area contributed by atoms with Gasteiger partial charge in [0.1, 0.15) is 22.1 Å². The van der Waals surface area contributed by atoms with Crippen molar-refractivity contribution in [3.63, 3.8) is 0 Å². The van der Waals surface area contributed by atoms with Gasteiger partial charge in [-0.3, -0.25) is 0 Å². The molecule has 44 heavy (non-hydrogen) atoms. The van der Waals surface area contributed by atoms with Crippen LogP contribution in [0.25, 0.3) is 16.5 Å². The number of benzene rings is 4. The standard InChI is InChI=1S/C37H33NO5S/c1-2-42-36(39)35(30-18-10-5-11-19-30)38-44(40,41)37(24-22-29(23-25-37)28-16-8-4-9-17-28)34-31-20-12-13-21-32(31)43-33(34)26-27-14-6-3-7-15-27/h3-24,35,38H,2,25-26H2,1H3. The fraction of sp³-hybridized carbons (Fsp3) is 0.162. The van der Waals surface area contributed by atoms with Crippen LogP contribution in [-0.2, 0) is 30.7 Å². The van der Waals surface area contributed by atoms with Crippen LogP contribution in [0.1, 0.15) is 47.4 Å². The predicted molar refractivity (Wildman–Crippen MR) is 173 cm³/mol. The molecule has 1 aromatic heterocycles. The molecule has 0 saturated heterocycles. The van der Waals surface area contributed by atoms with Crippen LogP contribution in [0.15, 0.2) is 138 Å². The zero-order valence-corrected chi connectivity index (χ0v) is 25.2. The summed E-state index contributed by atoms with van der Waals surface area (Å²) in [6, 6.07) is 34.7. The number of ether oxygens (including phenoxy) is 1. The molecule has 7 heteroatoms. The van der Waals surface area contributed by atoms with Crippen molar-refractivity contribution in [3.05, 3.63) is 162 Å². The van der Waals surface area contributed by atoms with Gasteiger partial charge in [-0.1, -0.05) is 127 Å². The molecule has 1 aliphatic rings. The molecule has 4 aromatic carbocycles. The molecule has 1 aliphatic carbocycles. The van der Waals surface area contributed by atoms with Crippen LogP contribution < -0.4 is 4.72 Å². The van der Waals surface area contributed by atoms with Crippen LogP contribution in [0, 0.1) is 0 Å². The topological polar surface area (TPSA) is 85.6 Å². The number of carbonyl (C=O) groups is 1. The van der Waals surface area contributed by atoms with Crippen molar-refractivity contribution in [2.45, 2.75) is 30.6 Å². The second-order valence-electron chi connectivity index (χ2n) is 10.7. The molecule has 0 saturated carbocycles. The summed E-state index contributed by atoms with van der Waals surface area (Å²) >= 11 is 0. The molecule has 6 rings (SSSR count). The van der Waals surface area contributed by atoms with Crippen molar-refractivity contribution in [3.8, 4) is 0 Å². The van der Waals surface area contributed by atoms with Crippen molar-refractivity contribution in [2.24, 2.45) is 0 Å². The van der Waals surface area contributed by atoms with E-state index in [2.05, 4.69) is 4.72 Å². The molecule has 5 aromatic rings. The zero-order valence-electron chi connectivity index (χ0n) is 24.3. The first-order chi connectivity index (χ1) is 21.4. The SMILES string of the molecule is CCOC(=O)C(NS(=O)(=O)C1(c2c(Cc3ccccc3)oc3ccccc23)C=CC(c2ccccc2)=CC1)c1ccccc1. The number of esters is 1. The Morgan fingerprint density at radius 2 is 1.52 bits per heavy atom. The molecule has 0 spiro atoms. The highest BCUT2D eigenvalue weighted by Crippen LogP contribution is 2.47. The highest BCUT2D eigenvalue weighted by atomic mass is 32.2. The third kappa shape index (κ3) is 5.64. The van der Waals surface area contributed by atoms with Crippen molar-refractivity contribution in [2.75, 3.05) is 6.61 Å². The lowest BCUT2D eigenvalue weighted by Gasteiger charge is -2.34. The van der Waals surface area contributed by atoms with Crippen molar-refractivity contribution in [1.82, 2.24) is 4.72 Å². The van der Waals surface area contributed by atoms with Crippen LogP contribution in [-0.4, -0.2) is 21.0 Å². The number of nitrogens with one attached hydrogen (secondary N) is 1. The molecular weight excluding hydrogens is 570 g/mol. The summed E-state index contributed by atoms with van der Waals surface area (Å²) in [5.74, 6) is -0.115. The monoisotopic (exact) mass is 603 g/mol. The second-order valence-corrected chi connectivity index (χ2v) is 12.7. The first-order valence-electron chi connectivity index (χ1n) is 14.6. The third-order valence-corrected chi connectivity index (χ3v) is 9.98. The van der Waals surface area contributed by atoms with Gasteiger partial charge < -0.3 is 9.15 Å². The average Bonchev–Trinajstić information content (AvgIpc) is 3.43. The van der Waals surface area contributed by atoms with E-state index in [9.17, 15) is 13.2 Å². The Kier molecular flexibility index (Phi) is 8.33. The summed E-state index contributed by atoms with van der Waals surface area (Å²) in [5.41, 5.74) is 4.53. The summed E-state index contributed by atoms with van der Waals surface area (Å²) in [4.78, 5) is 13.3. The molecule has 0 bridgehead atoms. The number of carbonyl (C=O) groups excluding carboxylic acids is 1. The Morgan fingerprint density at radius 3 is 2.18 bits per heavy atom. The molecule has 0 amide bonds. The molecule has 1 N–H and O–H groups in total. The molecule has 1 heterocycles. The Labute approximate surface area is 257 Å². The molecular formula is C37H33NO5S. The summed E-state index contributed by atoms with van der Waals surface area (Å²) in [7, 11) is -4.33. The fourth-order valence-electron chi connectivity index (χ4n) is 5.84. The maximum Gasteiger partial charge on any atom is 0.328 e. The lowest BCUT2D eigenvalue weighted by molar-refractivity contribution is -0.145. The largest absolute Gasteiger partial charge is 0.465 e. The first-order valence-corrected chi connectivity index (χ1v) is 16.1. The van der Waals surface area contributed by atoms with E-state index in [-0.39, 0.29) is 13.0 Å². The number of allylic oxidation sites excluding steroid dienone is 3. The van der Waals surface area contributed by atoms with Gasteiger partial charge in [-0.15, -0.1) is 0 Å². The predicted octanol–water partition coefficient (Wildman–Crippen LogP) is 7.49. The number of rotatable bonds is 10. The quantitative estimate of drug-likeness (QED) is 0.167. The highest BCUT2D eigenvalue weighted by Gasteiger charge is 2.49. The molecule has 2 unspecified atom stereocenters. The van der Waals surface area contributed by atoms with E-state index in [1.807, 2.05) is 103 Å². The maximum atomic E-state index is 14.9. The van der Waals surface area contributed by atoms with Gasteiger partial charge in [0.05, 0.1) is 6.61 Å². The van der Waals surface area contributed by atoms with Crippen molar-refractivity contribution in [1.29, 1.82) is 0 Å². The number of hydrogen-bond acceptors (Lipinski definition) is 5. The zero-order chi connectivity index (χ0) is 30.6. The summed E-state index contributed by atoms with van der Waals surface area (Å²) in [6.45, 7) is 1.81. The highest BCUT2D eigenvalue weighted by molar-refractivity contribution is 7.90. The van der Waals surface area contributed by atoms with Gasteiger partial charge in [0.15, 0.2) is 0 Å². The van der Waals surface area contributed by atoms with Crippen molar-refractivity contribution < 1.29 is 22.4 Å². The number of furan rings is 1. The third-order valence-electron chi connectivity index (χ3n) is 7.97. The lowest BCUT2D eigenvalue weighted by atomic mass is 9.85. The normalized spacial score (nSPS) is 17.2. The Balaban J connectivity index is 1.54. The van der Waals surface area contributed by atoms with Crippen molar-refractivity contribution >= 4 is 32.5 Å². The van der Waals surface area contributed by atoms with E-state index in [0.29, 0.717) is 34.3 Å². The van der Waals surface area contributed by atoms with E-state index < -0.39 is 26.8 Å². The average molecular weight is 604 g/mol. The molecule has 0 fully saturated rings. The van der Waals surface area contributed by atoms with Crippen LogP contribution in [0.4, 0.5) is 0 Å². The van der Waals surface area contributed by atoms with Crippen LogP contribution >= 0.6 is 0 Å². The fourth-order valence-corrected chi connectivity index (χ4v) is 7.63. The van der Waals surface area contributed by atoms with Crippen LogP contribution in [0.3, 0.4) is 0 Å². The Bertz CT molecular complexity index is 1930. The van der Waals surface area contributed by atoms with E-state index in [0.717, 1.165) is 16.7 Å². The van der Waals surface area contributed by atoms with E-state index >= 15 is 0 Å². The molecule has 6 nitrogen and oxygen atoms in total. The molecule has 2 atom stereocenters. The number of para-hydroxylation sites is 1. The van der Waals surface area contributed by atoms with Crippen LogP contribution in [0.5, 0.6) is 0 Å². The minimum Gasteiger partial charge on any atom is -0.465 e. The first kappa shape index (κ1) is 29.4. The lowest BCUT2D eigenvalue weighted by Crippen LogP contribution is -2.47. The van der Waals surface area contributed by atoms with Crippen LogP contribution in [0.2, 0.25) is 0 Å². The van der Waals surface area contributed by atoms with Gasteiger partial charge in [0.2, 0.25) is 10.0 Å². The number of hydrogen-bond donors (Lipinski definition) is 1. The van der Waals surface area contributed by atoms with Gasteiger partial charge in [0, 0.05) is 17.4 Å². The molecule has 0 radical (unpaired) electrons. The van der Waals surface area contributed by atoms with E-state index in [4.69, 9.17) is 9.15 Å². The Hall–Kier alpha value is -4.72. The van der Waals surface area contributed by atoms with Gasteiger partial charge in [-0.2, -0.15) is 4.72 Å². The molecule has 0 aliphatic heterocycles. The summed E-state index contributed by atoms with van der Waals surface area (Å²) in [5, 5.41) is 0.706. The minimum atomic E-state index is -4.33. The van der Waals surface area contributed by atoms with E-state index in [1.165, 1.54) is 0 Å². The van der Waals surface area contributed by atoms with Gasteiger partial charge in [-0.05, 0) is 41.7 Å². The summed E-state index contributed by atoms with van der Waals surface area (Å²) < 4.78 is 42.9.